The second kappa shape index (κ2) is 4.57. The van der Waals surface area contributed by atoms with Gasteiger partial charge in [0, 0.05) is 16.0 Å². The molecule has 0 atom stereocenters. The standard InChI is InChI=1S/C12H10N6O2/c13-11-9(5-8-3-1-2-4-10(8)15-11)6-17-7-14-12(16-17)18(19)20/h1-5,7H,6H2,(H2,13,15). The zero-order chi connectivity index (χ0) is 14.1. The normalized spacial score (nSPS) is 10.8. The minimum Gasteiger partial charge on any atom is -0.390 e. The van der Waals surface area contributed by atoms with Crippen LogP contribution in [-0.4, -0.2) is 24.7 Å². The van der Waals surface area contributed by atoms with Crippen LogP contribution in [0.5, 0.6) is 0 Å². The summed E-state index contributed by atoms with van der Waals surface area (Å²) < 4.78 is 1.36. The number of rotatable bonds is 3. The summed E-state index contributed by atoms with van der Waals surface area (Å²) in [5, 5.41) is 15.2. The van der Waals surface area contributed by atoms with Gasteiger partial charge in [0.2, 0.25) is 6.33 Å². The van der Waals surface area contributed by atoms with E-state index in [1.807, 2.05) is 30.3 Å². The van der Waals surface area contributed by atoms with Gasteiger partial charge in [-0.1, -0.05) is 23.2 Å². The van der Waals surface area contributed by atoms with Gasteiger partial charge in [-0.3, -0.25) is 0 Å². The number of hydrogen-bond donors (Lipinski definition) is 1. The monoisotopic (exact) mass is 270 g/mol. The molecule has 3 aromatic rings. The molecule has 0 bridgehead atoms. The third-order valence-corrected chi connectivity index (χ3v) is 2.86. The maximum absolute atomic E-state index is 10.5. The van der Waals surface area contributed by atoms with Crippen molar-refractivity contribution >= 4 is 22.7 Å². The van der Waals surface area contributed by atoms with Gasteiger partial charge in [0.15, 0.2) is 0 Å². The van der Waals surface area contributed by atoms with Crippen LogP contribution in [0.3, 0.4) is 0 Å². The number of hydrogen-bond acceptors (Lipinski definition) is 6. The van der Waals surface area contributed by atoms with Crippen LogP contribution in [0, 0.1) is 10.1 Å². The Morgan fingerprint density at radius 2 is 2.15 bits per heavy atom. The predicted octanol–water partition coefficient (Wildman–Crippen LogP) is 1.36. The Hall–Kier alpha value is -3.03. The molecule has 0 saturated carbocycles. The number of nitro groups is 1. The van der Waals surface area contributed by atoms with Crippen LogP contribution >= 0.6 is 0 Å². The van der Waals surface area contributed by atoms with E-state index in [4.69, 9.17) is 5.73 Å². The zero-order valence-electron chi connectivity index (χ0n) is 10.3. The van der Waals surface area contributed by atoms with E-state index in [2.05, 4.69) is 15.1 Å². The summed E-state index contributed by atoms with van der Waals surface area (Å²) in [6.45, 7) is 0.282. The number of nitrogens with zero attached hydrogens (tertiary/aromatic N) is 5. The summed E-state index contributed by atoms with van der Waals surface area (Å²) in [6.07, 6.45) is 1.30. The molecule has 2 aromatic heterocycles. The van der Waals surface area contributed by atoms with E-state index in [1.165, 1.54) is 11.0 Å². The molecule has 0 spiro atoms. The first-order chi connectivity index (χ1) is 9.63. The first-order valence-electron chi connectivity index (χ1n) is 5.81. The average molecular weight is 270 g/mol. The van der Waals surface area contributed by atoms with Crippen molar-refractivity contribution in [3.8, 4) is 0 Å². The summed E-state index contributed by atoms with van der Waals surface area (Å²) >= 11 is 0. The number of pyridine rings is 1. The van der Waals surface area contributed by atoms with E-state index in [1.54, 1.807) is 0 Å². The summed E-state index contributed by atoms with van der Waals surface area (Å²) in [5.74, 6) is -0.0563. The SMILES string of the molecule is Nc1nc2ccccc2cc1Cn1cnc([N+](=O)[O-])n1. The highest BCUT2D eigenvalue weighted by Crippen LogP contribution is 2.19. The first-order valence-corrected chi connectivity index (χ1v) is 5.81. The molecule has 0 aliphatic rings. The lowest BCUT2D eigenvalue weighted by Crippen LogP contribution is -2.05. The third kappa shape index (κ3) is 2.14. The topological polar surface area (TPSA) is 113 Å². The van der Waals surface area contributed by atoms with Gasteiger partial charge in [-0.05, 0) is 17.1 Å². The molecule has 2 N–H and O–H groups in total. The van der Waals surface area contributed by atoms with Crippen LogP contribution in [0.2, 0.25) is 0 Å². The number of aromatic nitrogens is 4. The maximum Gasteiger partial charge on any atom is 0.490 e. The lowest BCUT2D eigenvalue weighted by Gasteiger charge is -2.05. The number of fused-ring (bicyclic) bond motifs is 1. The number of nitrogens with two attached hydrogens (primary N) is 1. The third-order valence-electron chi connectivity index (χ3n) is 2.86. The number of anilines is 1. The van der Waals surface area contributed by atoms with Crippen molar-refractivity contribution in [3.63, 3.8) is 0 Å². The van der Waals surface area contributed by atoms with Crippen molar-refractivity contribution in [2.45, 2.75) is 6.54 Å². The van der Waals surface area contributed by atoms with Gasteiger partial charge in [0.05, 0.1) is 12.1 Å². The molecule has 3 rings (SSSR count). The van der Waals surface area contributed by atoms with Gasteiger partial charge in [0.1, 0.15) is 5.82 Å². The van der Waals surface area contributed by atoms with Crippen LogP contribution < -0.4 is 5.73 Å². The van der Waals surface area contributed by atoms with Crippen molar-refractivity contribution in [2.75, 3.05) is 5.73 Å². The Kier molecular flexibility index (Phi) is 2.75. The molecule has 0 aliphatic carbocycles. The zero-order valence-corrected chi connectivity index (χ0v) is 10.3. The highest BCUT2D eigenvalue weighted by Gasteiger charge is 2.14. The van der Waals surface area contributed by atoms with E-state index in [0.29, 0.717) is 5.82 Å². The molecule has 1 aromatic carbocycles. The minimum atomic E-state index is -0.640. The molecule has 0 aliphatic heterocycles. The second-order valence-corrected chi connectivity index (χ2v) is 4.22. The van der Waals surface area contributed by atoms with Crippen molar-refractivity contribution in [3.05, 3.63) is 52.3 Å². The van der Waals surface area contributed by atoms with Gasteiger partial charge in [-0.15, -0.1) is 0 Å². The van der Waals surface area contributed by atoms with Gasteiger partial charge in [-0.25, -0.2) is 4.98 Å². The van der Waals surface area contributed by atoms with E-state index in [9.17, 15) is 10.1 Å². The Labute approximate surface area is 113 Å². The van der Waals surface area contributed by atoms with Crippen LogP contribution in [0.15, 0.2) is 36.7 Å². The summed E-state index contributed by atoms with van der Waals surface area (Å²) in [6, 6.07) is 9.48. The summed E-state index contributed by atoms with van der Waals surface area (Å²) in [5.41, 5.74) is 7.44. The van der Waals surface area contributed by atoms with E-state index in [0.717, 1.165) is 16.5 Å². The van der Waals surface area contributed by atoms with E-state index >= 15 is 0 Å². The fraction of sp³-hybridized carbons (Fsp3) is 0.0833. The quantitative estimate of drug-likeness (QED) is 0.568. The molecule has 0 radical (unpaired) electrons. The van der Waals surface area contributed by atoms with Crippen LogP contribution in [0.1, 0.15) is 5.56 Å². The van der Waals surface area contributed by atoms with Crippen LogP contribution in [0.4, 0.5) is 11.8 Å². The van der Waals surface area contributed by atoms with Crippen LogP contribution in [0.25, 0.3) is 10.9 Å². The number of benzene rings is 1. The number of nitrogen functional groups attached to an aromatic ring is 1. The fourth-order valence-corrected chi connectivity index (χ4v) is 1.92. The summed E-state index contributed by atoms with van der Waals surface area (Å²) in [4.78, 5) is 17.8. The lowest BCUT2D eigenvalue weighted by molar-refractivity contribution is -0.394. The van der Waals surface area contributed by atoms with Crippen LogP contribution in [-0.2, 0) is 6.54 Å². The van der Waals surface area contributed by atoms with Gasteiger partial charge in [-0.2, -0.15) is 4.68 Å². The predicted molar refractivity (Wildman–Crippen MR) is 71.9 cm³/mol. The van der Waals surface area contributed by atoms with Crippen molar-refractivity contribution in [2.24, 2.45) is 0 Å². The highest BCUT2D eigenvalue weighted by atomic mass is 16.6. The average Bonchev–Trinajstić information content (AvgIpc) is 2.88. The molecule has 0 saturated heterocycles. The van der Waals surface area contributed by atoms with Crippen molar-refractivity contribution in [1.29, 1.82) is 0 Å². The highest BCUT2D eigenvalue weighted by molar-refractivity contribution is 5.81. The molecule has 20 heavy (non-hydrogen) atoms. The van der Waals surface area contributed by atoms with E-state index in [-0.39, 0.29) is 6.54 Å². The molecular formula is C12H10N6O2. The second-order valence-electron chi connectivity index (χ2n) is 4.22. The molecule has 0 unspecified atom stereocenters. The lowest BCUT2D eigenvalue weighted by atomic mass is 10.1. The maximum atomic E-state index is 10.5. The van der Waals surface area contributed by atoms with Crippen molar-refractivity contribution < 1.29 is 4.92 Å². The van der Waals surface area contributed by atoms with Gasteiger partial charge in [0.25, 0.3) is 0 Å². The minimum absolute atomic E-state index is 0.282. The smallest absolute Gasteiger partial charge is 0.390 e. The van der Waals surface area contributed by atoms with Crippen molar-refractivity contribution in [1.82, 2.24) is 19.7 Å². The number of para-hydroxylation sites is 1. The molecule has 0 amide bonds. The molecular weight excluding hydrogens is 260 g/mol. The molecule has 100 valence electrons. The Morgan fingerprint density at radius 3 is 2.90 bits per heavy atom. The van der Waals surface area contributed by atoms with Gasteiger partial charge < -0.3 is 15.8 Å². The molecule has 2 heterocycles. The van der Waals surface area contributed by atoms with E-state index < -0.39 is 10.9 Å². The molecule has 8 heteroatoms. The first kappa shape index (κ1) is 12.0. The fourth-order valence-electron chi connectivity index (χ4n) is 1.92. The molecule has 0 fully saturated rings. The summed E-state index contributed by atoms with van der Waals surface area (Å²) in [7, 11) is 0. The Morgan fingerprint density at radius 1 is 1.35 bits per heavy atom. The Bertz CT molecular complexity index is 797. The largest absolute Gasteiger partial charge is 0.490 e. The molecule has 8 nitrogen and oxygen atoms in total. The Balaban J connectivity index is 1.97. The van der Waals surface area contributed by atoms with Gasteiger partial charge >= 0.3 is 5.95 Å².